The molecule has 0 radical (unpaired) electrons. The number of benzene rings is 3. The highest BCUT2D eigenvalue weighted by Crippen LogP contribution is 2.33. The number of rotatable bonds is 9. The van der Waals surface area contributed by atoms with E-state index in [9.17, 15) is 9.59 Å². The molecule has 1 aliphatic rings. The summed E-state index contributed by atoms with van der Waals surface area (Å²) in [5.74, 6) is 0.923. The van der Waals surface area contributed by atoms with E-state index in [1.807, 2.05) is 86.7 Å². The number of carbonyl (C=O) groups is 1. The zero-order chi connectivity index (χ0) is 30.7. The van der Waals surface area contributed by atoms with Crippen molar-refractivity contribution in [2.24, 2.45) is 4.99 Å². The van der Waals surface area contributed by atoms with Crippen LogP contribution in [0.2, 0.25) is 0 Å². The van der Waals surface area contributed by atoms with Crippen molar-refractivity contribution in [2.75, 3.05) is 6.61 Å². The molecule has 1 aromatic heterocycles. The zero-order valence-electron chi connectivity index (χ0n) is 24.1. The molecule has 0 N–H and O–H groups in total. The molecular formula is C33H30I2N2O5S. The summed E-state index contributed by atoms with van der Waals surface area (Å²) >= 11 is 5.83. The Morgan fingerprint density at radius 3 is 2.49 bits per heavy atom. The zero-order valence-corrected chi connectivity index (χ0v) is 29.2. The quantitative estimate of drug-likeness (QED) is 0.145. The van der Waals surface area contributed by atoms with Gasteiger partial charge in [-0.15, -0.1) is 0 Å². The highest BCUT2D eigenvalue weighted by Gasteiger charge is 2.33. The molecule has 7 nitrogen and oxygen atoms in total. The van der Waals surface area contributed by atoms with E-state index in [1.165, 1.54) is 11.3 Å². The van der Waals surface area contributed by atoms with Crippen LogP contribution in [0.4, 0.5) is 0 Å². The molecule has 2 heterocycles. The fourth-order valence-corrected chi connectivity index (χ4v) is 7.90. The van der Waals surface area contributed by atoms with Crippen molar-refractivity contribution < 1.29 is 19.0 Å². The molecule has 5 rings (SSSR count). The summed E-state index contributed by atoms with van der Waals surface area (Å²) in [6, 6.07) is 20.8. The predicted octanol–water partition coefficient (Wildman–Crippen LogP) is 6.37. The molecule has 4 aromatic rings. The second kappa shape index (κ2) is 13.8. The molecule has 3 aromatic carbocycles. The van der Waals surface area contributed by atoms with Crippen molar-refractivity contribution in [2.45, 2.75) is 46.4 Å². The van der Waals surface area contributed by atoms with Gasteiger partial charge in [0.05, 0.1) is 38.1 Å². The number of ether oxygens (including phenoxy) is 3. The Bertz CT molecular complexity index is 1860. The average molecular weight is 820 g/mol. The lowest BCUT2D eigenvalue weighted by molar-refractivity contribution is -0.139. The fourth-order valence-electron chi connectivity index (χ4n) is 4.82. The van der Waals surface area contributed by atoms with Crippen molar-refractivity contribution >= 4 is 68.6 Å². The molecule has 222 valence electrons. The van der Waals surface area contributed by atoms with E-state index < -0.39 is 12.0 Å². The molecule has 10 heteroatoms. The van der Waals surface area contributed by atoms with Gasteiger partial charge >= 0.3 is 5.97 Å². The normalized spacial score (nSPS) is 14.9. The first-order valence-corrected chi connectivity index (χ1v) is 16.8. The van der Waals surface area contributed by atoms with Crippen LogP contribution in [0.5, 0.6) is 11.5 Å². The minimum absolute atomic E-state index is 0.0198. The summed E-state index contributed by atoms with van der Waals surface area (Å²) in [4.78, 5) is 32.6. The summed E-state index contributed by atoms with van der Waals surface area (Å²) in [5, 5.41) is 0. The van der Waals surface area contributed by atoms with E-state index >= 15 is 0 Å². The van der Waals surface area contributed by atoms with Crippen LogP contribution in [0.3, 0.4) is 0 Å². The topological polar surface area (TPSA) is 79.1 Å². The SMILES string of the molecule is CCOC(=O)C1=C(C)N=c2s/c(=C\c3cc(I)cc(I)c3OCc3ccccc3)c(=O)n2[C@H]1c1ccc(OC(C)C)cc1. The molecule has 0 spiro atoms. The van der Waals surface area contributed by atoms with Crippen molar-refractivity contribution in [1.29, 1.82) is 0 Å². The number of allylic oxidation sites excluding steroid dienone is 1. The van der Waals surface area contributed by atoms with Gasteiger partial charge in [-0.25, -0.2) is 9.79 Å². The van der Waals surface area contributed by atoms with E-state index in [0.717, 1.165) is 23.8 Å². The van der Waals surface area contributed by atoms with Crippen LogP contribution in [-0.4, -0.2) is 23.2 Å². The third-order valence-corrected chi connectivity index (χ3v) is 9.04. The van der Waals surface area contributed by atoms with Crippen molar-refractivity contribution in [3.8, 4) is 11.5 Å². The fraction of sp³-hybridized carbons (Fsp3) is 0.242. The van der Waals surface area contributed by atoms with Crippen molar-refractivity contribution in [3.05, 3.63) is 122 Å². The number of nitrogens with zero attached hydrogens (tertiary/aromatic N) is 2. The second-order valence-corrected chi connectivity index (χ2v) is 13.5. The van der Waals surface area contributed by atoms with Gasteiger partial charge in [-0.3, -0.25) is 9.36 Å². The first-order chi connectivity index (χ1) is 20.7. The van der Waals surface area contributed by atoms with Gasteiger partial charge in [0.15, 0.2) is 4.80 Å². The van der Waals surface area contributed by atoms with Gasteiger partial charge in [0.2, 0.25) is 0 Å². The van der Waals surface area contributed by atoms with E-state index in [-0.39, 0.29) is 18.3 Å². The number of hydrogen-bond donors (Lipinski definition) is 0. The third kappa shape index (κ3) is 7.07. The minimum Gasteiger partial charge on any atom is -0.491 e. The standard InChI is InChI=1S/C33H30I2N2O5S/c1-5-40-32(39)28-20(4)36-33-37(29(28)22-11-13-25(14-12-22)42-19(2)3)31(38)27(43-33)16-23-15-24(34)17-26(35)30(23)41-18-21-9-7-6-8-10-21/h6-17,19,29H,5,18H2,1-4H3/b27-16-/t29-/m0/s1. The molecule has 0 saturated heterocycles. The number of halogens is 2. The number of esters is 1. The Morgan fingerprint density at radius 1 is 1.09 bits per heavy atom. The van der Waals surface area contributed by atoms with Crippen LogP contribution >= 0.6 is 56.5 Å². The van der Waals surface area contributed by atoms with Gasteiger partial charge in [-0.1, -0.05) is 53.8 Å². The Kier molecular flexibility index (Phi) is 10.1. The van der Waals surface area contributed by atoms with Crippen LogP contribution in [-0.2, 0) is 16.1 Å². The van der Waals surface area contributed by atoms with E-state index in [2.05, 4.69) is 45.2 Å². The van der Waals surface area contributed by atoms with Gasteiger partial charge in [0.25, 0.3) is 5.56 Å². The number of carbonyl (C=O) groups excluding carboxylic acids is 1. The summed E-state index contributed by atoms with van der Waals surface area (Å²) in [5.41, 5.74) is 3.23. The monoisotopic (exact) mass is 820 g/mol. The maximum absolute atomic E-state index is 14.1. The summed E-state index contributed by atoms with van der Waals surface area (Å²) in [6.45, 7) is 8.08. The molecule has 0 amide bonds. The number of hydrogen-bond acceptors (Lipinski definition) is 7. The Labute approximate surface area is 281 Å². The highest BCUT2D eigenvalue weighted by atomic mass is 127. The van der Waals surface area contributed by atoms with Gasteiger partial charge in [0, 0.05) is 9.13 Å². The lowest BCUT2D eigenvalue weighted by atomic mass is 9.96. The third-order valence-electron chi connectivity index (χ3n) is 6.63. The highest BCUT2D eigenvalue weighted by molar-refractivity contribution is 14.1. The molecule has 0 aliphatic carbocycles. The van der Waals surface area contributed by atoms with Gasteiger partial charge in [-0.05, 0) is 114 Å². The summed E-state index contributed by atoms with van der Waals surface area (Å²) < 4.78 is 21.6. The van der Waals surface area contributed by atoms with E-state index in [0.29, 0.717) is 38.7 Å². The largest absolute Gasteiger partial charge is 0.491 e. The first kappa shape index (κ1) is 31.5. The van der Waals surface area contributed by atoms with Crippen LogP contribution in [0.1, 0.15) is 50.4 Å². The van der Waals surface area contributed by atoms with Crippen LogP contribution in [0, 0.1) is 7.14 Å². The second-order valence-electron chi connectivity index (χ2n) is 10.1. The molecule has 1 atom stereocenters. The molecule has 0 fully saturated rings. The Hall–Kier alpha value is -2.97. The maximum Gasteiger partial charge on any atom is 0.338 e. The van der Waals surface area contributed by atoms with Gasteiger partial charge < -0.3 is 14.2 Å². The van der Waals surface area contributed by atoms with E-state index in [4.69, 9.17) is 19.2 Å². The summed E-state index contributed by atoms with van der Waals surface area (Å²) in [6.07, 6.45) is 1.88. The van der Waals surface area contributed by atoms with Crippen molar-refractivity contribution in [3.63, 3.8) is 0 Å². The molecule has 43 heavy (non-hydrogen) atoms. The van der Waals surface area contributed by atoms with Crippen LogP contribution in [0.25, 0.3) is 6.08 Å². The Balaban J connectivity index is 1.63. The maximum atomic E-state index is 14.1. The summed E-state index contributed by atoms with van der Waals surface area (Å²) in [7, 11) is 0. The molecule has 1 aliphatic heterocycles. The van der Waals surface area contributed by atoms with Gasteiger partial charge in [0.1, 0.15) is 18.1 Å². The number of aromatic nitrogens is 1. The first-order valence-electron chi connectivity index (χ1n) is 13.8. The van der Waals surface area contributed by atoms with Gasteiger partial charge in [-0.2, -0.15) is 0 Å². The average Bonchev–Trinajstić information content (AvgIpc) is 3.26. The smallest absolute Gasteiger partial charge is 0.338 e. The molecule has 0 saturated carbocycles. The van der Waals surface area contributed by atoms with E-state index in [1.54, 1.807) is 18.4 Å². The van der Waals surface area contributed by atoms with Crippen molar-refractivity contribution in [1.82, 2.24) is 4.57 Å². The van der Waals surface area contributed by atoms with Crippen LogP contribution in [0.15, 0.2) is 87.8 Å². The minimum atomic E-state index is -0.699. The number of thiazole rings is 1. The van der Waals surface area contributed by atoms with Crippen LogP contribution < -0.4 is 24.4 Å². The molecule has 0 bridgehead atoms. The lowest BCUT2D eigenvalue weighted by Crippen LogP contribution is -2.39. The predicted molar refractivity (Wildman–Crippen MR) is 185 cm³/mol. The number of fused-ring (bicyclic) bond motifs is 1. The Morgan fingerprint density at radius 2 is 1.81 bits per heavy atom. The lowest BCUT2D eigenvalue weighted by Gasteiger charge is -2.25. The molecular weight excluding hydrogens is 790 g/mol. The molecule has 0 unspecified atom stereocenters.